The molecule has 0 aliphatic carbocycles. The highest BCUT2D eigenvalue weighted by Gasteiger charge is 2.24. The Morgan fingerprint density at radius 2 is 1.76 bits per heavy atom. The van der Waals surface area contributed by atoms with Crippen LogP contribution in [0.1, 0.15) is 42.2 Å². The van der Waals surface area contributed by atoms with Gasteiger partial charge in [0.15, 0.2) is 0 Å². The molecule has 4 rings (SSSR count). The van der Waals surface area contributed by atoms with Gasteiger partial charge in [-0.15, -0.1) is 11.3 Å². The van der Waals surface area contributed by atoms with Crippen molar-refractivity contribution in [2.24, 2.45) is 0 Å². The summed E-state index contributed by atoms with van der Waals surface area (Å²) in [6.07, 6.45) is 0.711. The Hall–Kier alpha value is -2.90. The molecule has 1 N–H and O–H groups in total. The molecule has 2 aromatic carbocycles. The van der Waals surface area contributed by atoms with Gasteiger partial charge >= 0.3 is 6.03 Å². The molecule has 3 amide bonds. The number of anilines is 1. The van der Waals surface area contributed by atoms with Gasteiger partial charge in [-0.1, -0.05) is 55.8 Å². The Morgan fingerprint density at radius 3 is 2.48 bits per heavy atom. The van der Waals surface area contributed by atoms with Crippen LogP contribution >= 0.6 is 22.9 Å². The minimum Gasteiger partial charge on any atom is -0.335 e. The van der Waals surface area contributed by atoms with Crippen LogP contribution in [0.25, 0.3) is 10.6 Å². The molecule has 0 atom stereocenters. The predicted molar refractivity (Wildman–Crippen MR) is 134 cm³/mol. The summed E-state index contributed by atoms with van der Waals surface area (Å²) in [5.74, 6) is 0.385. The molecule has 0 spiro atoms. The van der Waals surface area contributed by atoms with Crippen molar-refractivity contribution in [1.82, 2.24) is 14.8 Å². The average Bonchev–Trinajstić information content (AvgIpc) is 3.16. The number of aromatic nitrogens is 1. The maximum absolute atomic E-state index is 13.1. The number of nitrogens with one attached hydrogen (secondary N) is 1. The fraction of sp³-hybridized carbons (Fsp3) is 0.320. The van der Waals surface area contributed by atoms with Gasteiger partial charge in [-0.05, 0) is 36.1 Å². The fourth-order valence-electron chi connectivity index (χ4n) is 3.77. The fourth-order valence-corrected chi connectivity index (χ4v) is 4.76. The maximum Gasteiger partial charge on any atom is 0.321 e. The number of hydrogen-bond donors (Lipinski definition) is 1. The Kier molecular flexibility index (Phi) is 7.30. The summed E-state index contributed by atoms with van der Waals surface area (Å²) in [7, 11) is 0. The second-order valence-electron chi connectivity index (χ2n) is 8.39. The predicted octanol–water partition coefficient (Wildman–Crippen LogP) is 5.97. The van der Waals surface area contributed by atoms with Crippen LogP contribution in [0.5, 0.6) is 0 Å². The van der Waals surface area contributed by atoms with Crippen molar-refractivity contribution >= 4 is 40.6 Å². The van der Waals surface area contributed by atoms with Crippen LogP contribution in [0, 0.1) is 0 Å². The number of carbonyl (C=O) groups excluding carboxylic acids is 2. The van der Waals surface area contributed by atoms with Crippen LogP contribution in [0.4, 0.5) is 10.5 Å². The number of urea groups is 1. The Morgan fingerprint density at radius 1 is 1.03 bits per heavy atom. The molecule has 0 bridgehead atoms. The second kappa shape index (κ2) is 10.4. The molecule has 0 saturated carbocycles. The number of hydrogen-bond acceptors (Lipinski definition) is 4. The quantitative estimate of drug-likeness (QED) is 0.498. The molecular weight excluding hydrogens is 456 g/mol. The van der Waals surface area contributed by atoms with Crippen molar-refractivity contribution in [1.29, 1.82) is 0 Å². The Bertz CT molecular complexity index is 1130. The molecule has 1 aliphatic heterocycles. The van der Waals surface area contributed by atoms with Crippen molar-refractivity contribution < 1.29 is 9.59 Å². The Balaban J connectivity index is 1.37. The van der Waals surface area contributed by atoms with E-state index in [0.717, 1.165) is 10.6 Å². The van der Waals surface area contributed by atoms with E-state index in [2.05, 4.69) is 48.4 Å². The van der Waals surface area contributed by atoms with Gasteiger partial charge in [-0.25, -0.2) is 9.78 Å². The second-order valence-corrected chi connectivity index (χ2v) is 9.68. The monoisotopic (exact) mass is 482 g/mol. The topological polar surface area (TPSA) is 65.5 Å². The summed E-state index contributed by atoms with van der Waals surface area (Å²) < 4.78 is 0. The molecule has 8 heteroatoms. The zero-order chi connectivity index (χ0) is 23.4. The van der Waals surface area contributed by atoms with E-state index in [9.17, 15) is 9.59 Å². The van der Waals surface area contributed by atoms with E-state index in [1.54, 1.807) is 34.1 Å². The average molecular weight is 483 g/mol. The van der Waals surface area contributed by atoms with Gasteiger partial charge in [0, 0.05) is 47.8 Å². The van der Waals surface area contributed by atoms with E-state index in [1.807, 2.05) is 5.38 Å². The van der Waals surface area contributed by atoms with Gasteiger partial charge in [0.2, 0.25) is 0 Å². The first-order chi connectivity index (χ1) is 15.9. The Labute approximate surface area is 203 Å². The largest absolute Gasteiger partial charge is 0.335 e. The molecule has 1 aliphatic rings. The lowest BCUT2D eigenvalue weighted by atomic mass is 10.0. The molecule has 6 nitrogen and oxygen atoms in total. The third-order valence-corrected chi connectivity index (χ3v) is 6.82. The summed E-state index contributed by atoms with van der Waals surface area (Å²) in [5, 5.41) is 6.11. The van der Waals surface area contributed by atoms with Crippen molar-refractivity contribution in [3.63, 3.8) is 0 Å². The van der Waals surface area contributed by atoms with Gasteiger partial charge in [-0.3, -0.25) is 4.79 Å². The van der Waals surface area contributed by atoms with Crippen LogP contribution < -0.4 is 5.32 Å². The first-order valence-corrected chi connectivity index (χ1v) is 12.3. The number of nitrogens with zero attached hydrogens (tertiary/aromatic N) is 3. The highest BCUT2D eigenvalue weighted by Crippen LogP contribution is 2.26. The summed E-state index contributed by atoms with van der Waals surface area (Å²) in [4.78, 5) is 33.9. The van der Waals surface area contributed by atoms with E-state index in [4.69, 9.17) is 11.6 Å². The van der Waals surface area contributed by atoms with Crippen LogP contribution in [0.15, 0.2) is 53.9 Å². The van der Waals surface area contributed by atoms with Crippen LogP contribution in [0.2, 0.25) is 5.02 Å². The van der Waals surface area contributed by atoms with E-state index < -0.39 is 0 Å². The van der Waals surface area contributed by atoms with Crippen molar-refractivity contribution in [3.8, 4) is 10.6 Å². The summed E-state index contributed by atoms with van der Waals surface area (Å²) >= 11 is 7.48. The minimum atomic E-state index is -0.188. The molecule has 2 heterocycles. The zero-order valence-electron chi connectivity index (χ0n) is 18.8. The first kappa shape index (κ1) is 23.3. The smallest absolute Gasteiger partial charge is 0.321 e. The van der Waals surface area contributed by atoms with Crippen LogP contribution in [-0.2, 0) is 0 Å². The minimum absolute atomic E-state index is 0.0894. The first-order valence-electron chi connectivity index (χ1n) is 11.1. The molecule has 172 valence electrons. The summed E-state index contributed by atoms with van der Waals surface area (Å²) in [5.41, 5.74) is 3.41. The number of amides is 3. The van der Waals surface area contributed by atoms with Gasteiger partial charge < -0.3 is 15.1 Å². The normalized spacial score (nSPS) is 14.3. The third-order valence-electron chi connectivity index (χ3n) is 5.69. The molecule has 1 saturated heterocycles. The van der Waals surface area contributed by atoms with Crippen LogP contribution in [-0.4, -0.2) is 52.9 Å². The lowest BCUT2D eigenvalue weighted by Crippen LogP contribution is -2.39. The summed E-state index contributed by atoms with van der Waals surface area (Å²) in [6, 6.07) is 15.2. The molecule has 1 aromatic heterocycles. The number of thiazole rings is 1. The lowest BCUT2D eigenvalue weighted by molar-refractivity contribution is 0.0757. The maximum atomic E-state index is 13.1. The molecule has 0 radical (unpaired) electrons. The van der Waals surface area contributed by atoms with Crippen LogP contribution in [0.3, 0.4) is 0 Å². The van der Waals surface area contributed by atoms with E-state index in [0.29, 0.717) is 54.9 Å². The third kappa shape index (κ3) is 5.72. The van der Waals surface area contributed by atoms with Crippen molar-refractivity contribution in [2.45, 2.75) is 26.2 Å². The number of benzene rings is 2. The molecule has 1 fully saturated rings. The highest BCUT2D eigenvalue weighted by atomic mass is 35.5. The molecule has 3 aromatic rings. The number of rotatable bonds is 4. The molecule has 33 heavy (non-hydrogen) atoms. The number of carbonyl (C=O) groups is 2. The van der Waals surface area contributed by atoms with Crippen molar-refractivity contribution in [3.05, 3.63) is 70.2 Å². The van der Waals surface area contributed by atoms with E-state index in [1.165, 1.54) is 16.9 Å². The van der Waals surface area contributed by atoms with Crippen molar-refractivity contribution in [2.75, 3.05) is 31.5 Å². The van der Waals surface area contributed by atoms with E-state index >= 15 is 0 Å². The van der Waals surface area contributed by atoms with Gasteiger partial charge in [0.05, 0.1) is 0 Å². The number of halogens is 1. The summed E-state index contributed by atoms with van der Waals surface area (Å²) in [6.45, 7) is 6.44. The highest BCUT2D eigenvalue weighted by molar-refractivity contribution is 7.13. The molecule has 0 unspecified atom stereocenters. The van der Waals surface area contributed by atoms with E-state index in [-0.39, 0.29) is 11.9 Å². The van der Waals surface area contributed by atoms with Gasteiger partial charge in [-0.2, -0.15) is 0 Å². The SMILES string of the molecule is CC(C)c1ccc(-c2nc(C(=O)N3CCCN(C(=O)Nc4cccc(Cl)c4)CC3)cs2)cc1. The van der Waals surface area contributed by atoms with Gasteiger partial charge in [0.1, 0.15) is 10.7 Å². The standard InChI is InChI=1S/C25H27ClN4O2S/c1-17(2)18-7-9-19(10-8-18)23-28-22(16-33-23)24(31)29-11-4-12-30(14-13-29)25(32)27-21-6-3-5-20(26)15-21/h3,5-10,15-17H,4,11-14H2,1-2H3,(H,27,32). The lowest BCUT2D eigenvalue weighted by Gasteiger charge is -2.22. The molecular formula is C25H27ClN4O2S. The zero-order valence-corrected chi connectivity index (χ0v) is 20.3. The van der Waals surface area contributed by atoms with Gasteiger partial charge in [0.25, 0.3) is 5.91 Å².